The van der Waals surface area contributed by atoms with Gasteiger partial charge in [-0.2, -0.15) is 0 Å². The van der Waals surface area contributed by atoms with E-state index in [0.29, 0.717) is 0 Å². The minimum Gasteiger partial charge on any atom is -0.284 e. The van der Waals surface area contributed by atoms with E-state index in [9.17, 15) is 9.59 Å². The third-order valence-electron chi connectivity index (χ3n) is 1.64. The number of benzene rings is 1. The molecule has 1 aromatic rings. The predicted molar refractivity (Wildman–Crippen MR) is 57.5 cm³/mol. The highest BCUT2D eigenvalue weighted by atomic mass is 16.2. The van der Waals surface area contributed by atoms with Gasteiger partial charge in [-0.3, -0.25) is 14.9 Å². The molecule has 3 heteroatoms. The van der Waals surface area contributed by atoms with Crippen molar-refractivity contribution < 1.29 is 9.59 Å². The van der Waals surface area contributed by atoms with Crippen molar-refractivity contribution >= 4 is 17.8 Å². The maximum absolute atomic E-state index is 11.1. The zero-order valence-corrected chi connectivity index (χ0v) is 7.94. The molecule has 0 aliphatic rings. The minimum absolute atomic E-state index is 0.670. The molecule has 1 N–H and O–H groups in total. The first-order chi connectivity index (χ1) is 7.24. The lowest BCUT2D eigenvalue weighted by Gasteiger charge is -1.92. The number of carbonyl (C=O) groups is 2. The molecule has 0 saturated carbocycles. The van der Waals surface area contributed by atoms with E-state index in [1.165, 1.54) is 6.08 Å². The summed E-state index contributed by atoms with van der Waals surface area (Å²) in [6, 6.07) is 11.1. The first-order valence-corrected chi connectivity index (χ1v) is 4.27. The maximum atomic E-state index is 11.1. The van der Waals surface area contributed by atoms with E-state index < -0.39 is 11.7 Å². The number of hydrogen-bond donors (Lipinski definition) is 1. The molecule has 1 rings (SSSR count). The Bertz CT molecular complexity index is 427. The molecule has 0 saturated heterocycles. The molecular formula is C12H9NO2. The van der Waals surface area contributed by atoms with Crippen molar-refractivity contribution in [1.29, 1.82) is 0 Å². The molecule has 3 nitrogen and oxygen atoms in total. The van der Waals surface area contributed by atoms with Gasteiger partial charge in [-0.05, 0) is 11.6 Å². The predicted octanol–water partition coefficient (Wildman–Crippen LogP) is 0.976. The Kier molecular flexibility index (Phi) is 3.87. The summed E-state index contributed by atoms with van der Waals surface area (Å²) >= 11 is 0. The second-order valence-corrected chi connectivity index (χ2v) is 2.71. The number of carbonyl (C=O) groups excluding carboxylic acids is 2. The zero-order chi connectivity index (χ0) is 11.1. The highest BCUT2D eigenvalue weighted by Crippen LogP contribution is 2.00. The smallest absolute Gasteiger partial charge is 0.284 e. The van der Waals surface area contributed by atoms with Gasteiger partial charge in [-0.15, -0.1) is 0 Å². The van der Waals surface area contributed by atoms with Gasteiger partial charge < -0.3 is 0 Å². The van der Waals surface area contributed by atoms with Gasteiger partial charge in [0.15, 0.2) is 0 Å². The average molecular weight is 199 g/mol. The molecular weight excluding hydrogens is 190 g/mol. The Morgan fingerprint density at radius 3 is 2.53 bits per heavy atom. The van der Waals surface area contributed by atoms with Crippen molar-refractivity contribution in [2.45, 2.75) is 0 Å². The van der Waals surface area contributed by atoms with E-state index in [1.54, 1.807) is 6.08 Å². The second-order valence-electron chi connectivity index (χ2n) is 2.71. The normalized spacial score (nSPS) is 9.53. The van der Waals surface area contributed by atoms with Crippen LogP contribution in [0.15, 0.2) is 36.4 Å². The molecule has 1 amide bonds. The zero-order valence-electron chi connectivity index (χ0n) is 7.94. The summed E-state index contributed by atoms with van der Waals surface area (Å²) in [6.07, 6.45) is 7.55. The summed E-state index contributed by atoms with van der Waals surface area (Å²) < 4.78 is 0. The highest BCUT2D eigenvalue weighted by Gasteiger charge is 2.06. The molecule has 0 unspecified atom stereocenters. The van der Waals surface area contributed by atoms with E-state index in [0.717, 1.165) is 5.56 Å². The van der Waals surface area contributed by atoms with Crippen molar-refractivity contribution in [2.75, 3.05) is 0 Å². The molecule has 0 heterocycles. The van der Waals surface area contributed by atoms with Crippen molar-refractivity contribution in [2.24, 2.45) is 0 Å². The van der Waals surface area contributed by atoms with Crippen LogP contribution in [0.2, 0.25) is 0 Å². The van der Waals surface area contributed by atoms with Crippen molar-refractivity contribution in [3.05, 3.63) is 42.0 Å². The van der Waals surface area contributed by atoms with Gasteiger partial charge in [-0.25, -0.2) is 0 Å². The van der Waals surface area contributed by atoms with Crippen LogP contribution in [0.25, 0.3) is 6.08 Å². The van der Waals surface area contributed by atoms with Crippen LogP contribution in [-0.4, -0.2) is 11.7 Å². The fourth-order valence-electron chi connectivity index (χ4n) is 0.939. The molecule has 0 bridgehead atoms. The van der Waals surface area contributed by atoms with E-state index in [4.69, 9.17) is 6.42 Å². The molecule has 0 aliphatic heterocycles. The summed E-state index contributed by atoms with van der Waals surface area (Å²) in [7, 11) is 0. The van der Waals surface area contributed by atoms with Gasteiger partial charge in [0.05, 0.1) is 0 Å². The van der Waals surface area contributed by atoms with Gasteiger partial charge in [0.1, 0.15) is 0 Å². The topological polar surface area (TPSA) is 46.2 Å². The summed E-state index contributed by atoms with van der Waals surface area (Å²) in [6.45, 7) is 0. The number of terminal acetylenes is 1. The Labute approximate surface area is 87.8 Å². The molecule has 0 aromatic heterocycles. The van der Waals surface area contributed by atoms with E-state index in [2.05, 4.69) is 0 Å². The van der Waals surface area contributed by atoms with Crippen LogP contribution in [0.1, 0.15) is 5.56 Å². The van der Waals surface area contributed by atoms with Gasteiger partial charge >= 0.3 is 5.91 Å². The standard InChI is InChI=1S/C12H9NO2/c1-2-13-12(15)11(14)9-8-10-6-4-3-5-7-10/h1,3-9H,(H,13,15)/b9-8+. The number of hydrogen-bond acceptors (Lipinski definition) is 2. The Morgan fingerprint density at radius 1 is 1.27 bits per heavy atom. The van der Waals surface area contributed by atoms with Crippen molar-refractivity contribution in [3.8, 4) is 12.5 Å². The Balaban J connectivity index is 2.64. The van der Waals surface area contributed by atoms with Crippen LogP contribution >= 0.6 is 0 Å². The van der Waals surface area contributed by atoms with E-state index in [-0.39, 0.29) is 0 Å². The summed E-state index contributed by atoms with van der Waals surface area (Å²) in [5, 5.41) is 1.97. The molecule has 1 aromatic carbocycles. The number of ketones is 1. The fourth-order valence-corrected chi connectivity index (χ4v) is 0.939. The number of rotatable bonds is 3. The third kappa shape index (κ3) is 3.49. The number of amides is 1. The van der Waals surface area contributed by atoms with Crippen LogP contribution in [0.3, 0.4) is 0 Å². The SMILES string of the molecule is C#CNC(=O)C(=O)/C=C/c1ccccc1. The average Bonchev–Trinajstić information content (AvgIpc) is 2.27. The Hall–Kier alpha value is -2.34. The third-order valence-corrected chi connectivity index (χ3v) is 1.64. The molecule has 15 heavy (non-hydrogen) atoms. The van der Waals surface area contributed by atoms with Crippen LogP contribution in [0.5, 0.6) is 0 Å². The monoisotopic (exact) mass is 199 g/mol. The molecule has 0 spiro atoms. The molecule has 0 aliphatic carbocycles. The fraction of sp³-hybridized carbons (Fsp3) is 0. The lowest BCUT2D eigenvalue weighted by atomic mass is 10.2. The molecule has 0 fully saturated rings. The van der Waals surface area contributed by atoms with Crippen LogP contribution < -0.4 is 5.32 Å². The second kappa shape index (κ2) is 5.40. The quantitative estimate of drug-likeness (QED) is 0.341. The van der Waals surface area contributed by atoms with E-state index in [1.807, 2.05) is 41.7 Å². The highest BCUT2D eigenvalue weighted by molar-refractivity contribution is 6.41. The van der Waals surface area contributed by atoms with Crippen LogP contribution in [-0.2, 0) is 9.59 Å². The number of nitrogens with one attached hydrogen (secondary N) is 1. The summed E-state index contributed by atoms with van der Waals surface area (Å²) in [5.41, 5.74) is 0.847. The van der Waals surface area contributed by atoms with Gasteiger partial charge in [0.2, 0.25) is 5.78 Å². The van der Waals surface area contributed by atoms with Crippen molar-refractivity contribution in [1.82, 2.24) is 5.32 Å². The largest absolute Gasteiger partial charge is 0.303 e. The first kappa shape index (κ1) is 10.7. The lowest BCUT2D eigenvalue weighted by Crippen LogP contribution is -2.25. The first-order valence-electron chi connectivity index (χ1n) is 4.27. The maximum Gasteiger partial charge on any atom is 0.303 e. The Morgan fingerprint density at radius 2 is 1.93 bits per heavy atom. The van der Waals surface area contributed by atoms with Crippen LogP contribution in [0.4, 0.5) is 0 Å². The van der Waals surface area contributed by atoms with Gasteiger partial charge in [0.25, 0.3) is 0 Å². The van der Waals surface area contributed by atoms with Crippen molar-refractivity contribution in [3.63, 3.8) is 0 Å². The summed E-state index contributed by atoms with van der Waals surface area (Å²) in [5.74, 6) is -1.47. The summed E-state index contributed by atoms with van der Waals surface area (Å²) in [4.78, 5) is 22.0. The van der Waals surface area contributed by atoms with E-state index >= 15 is 0 Å². The minimum atomic E-state index is -0.801. The van der Waals surface area contributed by atoms with Gasteiger partial charge in [0, 0.05) is 6.04 Å². The molecule has 74 valence electrons. The molecule has 0 radical (unpaired) electrons. The van der Waals surface area contributed by atoms with Crippen LogP contribution in [0, 0.1) is 12.5 Å². The molecule has 0 atom stereocenters. The van der Waals surface area contributed by atoms with Gasteiger partial charge in [-0.1, -0.05) is 42.8 Å². The lowest BCUT2D eigenvalue weighted by molar-refractivity contribution is -0.134.